The second kappa shape index (κ2) is 5.21. The standard InChI is InChI=1S/C14H9F3N2O/c1-9-2-12(8-19-7-9)11-3-10(6-18)4-13(5-11)20-14(15,16)17/h2-5,7-8H,1H3. The predicted octanol–water partition coefficient (Wildman–Crippen LogP) is 3.83. The lowest BCUT2D eigenvalue weighted by molar-refractivity contribution is -0.274. The molecule has 6 heteroatoms. The van der Waals surface area contributed by atoms with Crippen LogP contribution in [-0.2, 0) is 0 Å². The summed E-state index contributed by atoms with van der Waals surface area (Å²) < 4.78 is 40.6. The monoisotopic (exact) mass is 278 g/mol. The summed E-state index contributed by atoms with van der Waals surface area (Å²) in [5, 5.41) is 8.88. The van der Waals surface area contributed by atoms with Crippen molar-refractivity contribution < 1.29 is 17.9 Å². The van der Waals surface area contributed by atoms with E-state index in [1.807, 2.05) is 13.0 Å². The van der Waals surface area contributed by atoms with Crippen LogP contribution in [0.25, 0.3) is 11.1 Å². The number of ether oxygens (including phenoxy) is 1. The van der Waals surface area contributed by atoms with Crippen LogP contribution in [0.3, 0.4) is 0 Å². The topological polar surface area (TPSA) is 45.9 Å². The predicted molar refractivity (Wildman–Crippen MR) is 65.8 cm³/mol. The van der Waals surface area contributed by atoms with Crippen molar-refractivity contribution in [1.82, 2.24) is 4.98 Å². The molecule has 0 amide bonds. The number of hydrogen-bond acceptors (Lipinski definition) is 3. The second-order valence-corrected chi connectivity index (χ2v) is 4.16. The van der Waals surface area contributed by atoms with Crippen molar-refractivity contribution in [2.75, 3.05) is 0 Å². The van der Waals surface area contributed by atoms with Gasteiger partial charge in [-0.05, 0) is 42.3 Å². The van der Waals surface area contributed by atoms with E-state index in [4.69, 9.17) is 5.26 Å². The maximum Gasteiger partial charge on any atom is 0.573 e. The molecule has 0 aliphatic heterocycles. The van der Waals surface area contributed by atoms with Crippen LogP contribution >= 0.6 is 0 Å². The number of halogens is 3. The van der Waals surface area contributed by atoms with Crippen LogP contribution in [0.4, 0.5) is 13.2 Å². The van der Waals surface area contributed by atoms with E-state index in [1.54, 1.807) is 12.3 Å². The summed E-state index contributed by atoms with van der Waals surface area (Å²) in [5.41, 5.74) is 2.01. The first-order chi connectivity index (χ1) is 9.37. The normalized spacial score (nSPS) is 10.9. The molecule has 0 aliphatic carbocycles. The molecule has 2 rings (SSSR count). The van der Waals surface area contributed by atoms with E-state index in [1.165, 1.54) is 18.3 Å². The van der Waals surface area contributed by atoms with Crippen LogP contribution in [0.1, 0.15) is 11.1 Å². The number of rotatable bonds is 2. The fraction of sp³-hybridized carbons (Fsp3) is 0.143. The molecule has 1 heterocycles. The zero-order chi connectivity index (χ0) is 14.8. The fourth-order valence-corrected chi connectivity index (χ4v) is 1.74. The van der Waals surface area contributed by atoms with Gasteiger partial charge < -0.3 is 4.74 Å². The van der Waals surface area contributed by atoms with E-state index in [-0.39, 0.29) is 5.56 Å². The number of aromatic nitrogens is 1. The Hall–Kier alpha value is -2.55. The van der Waals surface area contributed by atoms with E-state index in [0.717, 1.165) is 11.6 Å². The molecule has 0 aliphatic rings. The van der Waals surface area contributed by atoms with Crippen molar-refractivity contribution >= 4 is 0 Å². The average molecular weight is 278 g/mol. The molecule has 0 N–H and O–H groups in total. The van der Waals surface area contributed by atoms with Crippen molar-refractivity contribution in [1.29, 1.82) is 5.26 Å². The summed E-state index contributed by atoms with van der Waals surface area (Å²) in [6.07, 6.45) is -1.65. The van der Waals surface area contributed by atoms with Crippen molar-refractivity contribution in [2.45, 2.75) is 13.3 Å². The third kappa shape index (κ3) is 3.48. The maximum absolute atomic E-state index is 12.3. The zero-order valence-corrected chi connectivity index (χ0v) is 10.4. The molecule has 0 radical (unpaired) electrons. The number of pyridine rings is 1. The van der Waals surface area contributed by atoms with Gasteiger partial charge in [-0.3, -0.25) is 4.98 Å². The lowest BCUT2D eigenvalue weighted by atomic mass is 10.0. The van der Waals surface area contributed by atoms with Gasteiger partial charge in [0.15, 0.2) is 0 Å². The van der Waals surface area contributed by atoms with Crippen LogP contribution in [0.2, 0.25) is 0 Å². The highest BCUT2D eigenvalue weighted by Gasteiger charge is 2.31. The summed E-state index contributed by atoms with van der Waals surface area (Å²) in [5.74, 6) is -0.423. The minimum absolute atomic E-state index is 0.0863. The number of alkyl halides is 3. The Bertz CT molecular complexity index is 675. The molecule has 0 saturated heterocycles. The number of nitrogens with zero attached hydrogens (tertiary/aromatic N) is 2. The first kappa shape index (κ1) is 13.9. The number of hydrogen-bond donors (Lipinski definition) is 0. The summed E-state index contributed by atoms with van der Waals surface area (Å²) in [6.45, 7) is 1.82. The highest BCUT2D eigenvalue weighted by atomic mass is 19.4. The molecular weight excluding hydrogens is 269 g/mol. The van der Waals surface area contributed by atoms with Gasteiger partial charge in [0.05, 0.1) is 11.6 Å². The van der Waals surface area contributed by atoms with Gasteiger partial charge >= 0.3 is 6.36 Å². The van der Waals surface area contributed by atoms with E-state index in [2.05, 4.69) is 9.72 Å². The molecule has 1 aromatic heterocycles. The lowest BCUT2D eigenvalue weighted by Gasteiger charge is -2.11. The van der Waals surface area contributed by atoms with Gasteiger partial charge in [-0.15, -0.1) is 13.2 Å². The summed E-state index contributed by atoms with van der Waals surface area (Å²) in [6, 6.07) is 7.33. The van der Waals surface area contributed by atoms with Gasteiger partial charge in [0.2, 0.25) is 0 Å². The minimum atomic E-state index is -4.80. The Morgan fingerprint density at radius 1 is 1.10 bits per heavy atom. The molecule has 102 valence electrons. The van der Waals surface area contributed by atoms with E-state index in [0.29, 0.717) is 11.1 Å². The van der Waals surface area contributed by atoms with Gasteiger partial charge in [0, 0.05) is 18.0 Å². The fourth-order valence-electron chi connectivity index (χ4n) is 1.74. The number of benzene rings is 1. The van der Waals surface area contributed by atoms with Crippen LogP contribution in [0.5, 0.6) is 5.75 Å². The smallest absolute Gasteiger partial charge is 0.406 e. The Balaban J connectivity index is 2.49. The molecule has 2 aromatic rings. The van der Waals surface area contributed by atoms with Crippen LogP contribution in [0.15, 0.2) is 36.7 Å². The van der Waals surface area contributed by atoms with Gasteiger partial charge in [-0.25, -0.2) is 0 Å². The molecule has 1 aromatic carbocycles. The number of nitriles is 1. The van der Waals surface area contributed by atoms with Crippen LogP contribution < -0.4 is 4.74 Å². The van der Waals surface area contributed by atoms with Crippen LogP contribution in [0, 0.1) is 18.3 Å². The molecule has 3 nitrogen and oxygen atoms in total. The molecular formula is C14H9F3N2O. The lowest BCUT2D eigenvalue weighted by Crippen LogP contribution is -2.17. The molecule has 0 saturated carbocycles. The Morgan fingerprint density at radius 3 is 2.45 bits per heavy atom. The Kier molecular flexibility index (Phi) is 3.61. The first-order valence-electron chi connectivity index (χ1n) is 5.60. The molecule has 0 fully saturated rings. The third-order valence-corrected chi connectivity index (χ3v) is 2.48. The highest BCUT2D eigenvalue weighted by molar-refractivity contribution is 5.67. The molecule has 0 unspecified atom stereocenters. The van der Waals surface area contributed by atoms with Crippen LogP contribution in [-0.4, -0.2) is 11.3 Å². The summed E-state index contributed by atoms with van der Waals surface area (Å²) in [7, 11) is 0. The van der Waals surface area contributed by atoms with Gasteiger partial charge in [-0.2, -0.15) is 5.26 Å². The third-order valence-electron chi connectivity index (χ3n) is 2.48. The van der Waals surface area contributed by atoms with Crippen molar-refractivity contribution in [3.8, 4) is 22.9 Å². The van der Waals surface area contributed by atoms with E-state index >= 15 is 0 Å². The Morgan fingerprint density at radius 2 is 1.85 bits per heavy atom. The molecule has 0 bridgehead atoms. The second-order valence-electron chi connectivity index (χ2n) is 4.16. The van der Waals surface area contributed by atoms with Crippen molar-refractivity contribution in [2.24, 2.45) is 0 Å². The largest absolute Gasteiger partial charge is 0.573 e. The summed E-state index contributed by atoms with van der Waals surface area (Å²) >= 11 is 0. The van der Waals surface area contributed by atoms with Crippen molar-refractivity contribution in [3.05, 3.63) is 47.8 Å². The zero-order valence-electron chi connectivity index (χ0n) is 10.4. The van der Waals surface area contributed by atoms with Gasteiger partial charge in [0.25, 0.3) is 0 Å². The van der Waals surface area contributed by atoms with Gasteiger partial charge in [0.1, 0.15) is 5.75 Å². The Labute approximate surface area is 113 Å². The van der Waals surface area contributed by atoms with Crippen molar-refractivity contribution in [3.63, 3.8) is 0 Å². The quantitative estimate of drug-likeness (QED) is 0.838. The SMILES string of the molecule is Cc1cncc(-c2cc(C#N)cc(OC(F)(F)F)c2)c1. The minimum Gasteiger partial charge on any atom is -0.406 e. The van der Waals surface area contributed by atoms with Gasteiger partial charge in [-0.1, -0.05) is 0 Å². The first-order valence-corrected chi connectivity index (χ1v) is 5.60. The number of aryl methyl sites for hydroxylation is 1. The molecule has 20 heavy (non-hydrogen) atoms. The molecule has 0 spiro atoms. The average Bonchev–Trinajstić information content (AvgIpc) is 2.36. The molecule has 0 atom stereocenters. The van der Waals surface area contributed by atoms with E-state index < -0.39 is 12.1 Å². The van der Waals surface area contributed by atoms with E-state index in [9.17, 15) is 13.2 Å². The highest BCUT2D eigenvalue weighted by Crippen LogP contribution is 2.29. The maximum atomic E-state index is 12.3. The summed E-state index contributed by atoms with van der Waals surface area (Å²) in [4.78, 5) is 3.97.